The summed E-state index contributed by atoms with van der Waals surface area (Å²) in [6, 6.07) is 6.88. The summed E-state index contributed by atoms with van der Waals surface area (Å²) in [4.78, 5) is 0. The predicted octanol–water partition coefficient (Wildman–Crippen LogP) is 1.70. The van der Waals surface area contributed by atoms with E-state index in [0.29, 0.717) is 5.56 Å². The summed E-state index contributed by atoms with van der Waals surface area (Å²) in [5.41, 5.74) is 0.678. The Labute approximate surface area is 50.0 Å². The summed E-state index contributed by atoms with van der Waals surface area (Å²) < 4.78 is 6.92. The highest BCUT2D eigenvalue weighted by Gasteiger charge is 1.86. The van der Waals surface area contributed by atoms with Gasteiger partial charge in [-0.3, -0.25) is 0 Å². The third kappa shape index (κ3) is 0.808. The fourth-order valence-corrected chi connectivity index (χ4v) is 0.511. The molecule has 0 aromatic heterocycles. The van der Waals surface area contributed by atoms with Crippen molar-refractivity contribution in [3.8, 4) is 5.75 Å². The summed E-state index contributed by atoms with van der Waals surface area (Å²) in [5, 5.41) is 8.99. The van der Waals surface area contributed by atoms with Crippen LogP contribution in [0, 0.1) is 6.90 Å². The van der Waals surface area contributed by atoms with Crippen molar-refractivity contribution in [2.45, 2.75) is 6.90 Å². The summed E-state index contributed by atoms with van der Waals surface area (Å²) in [7, 11) is 0. The molecule has 0 saturated heterocycles. The second-order valence-corrected chi connectivity index (χ2v) is 1.63. The molecular weight excluding hydrogens is 100 g/mol. The van der Waals surface area contributed by atoms with Crippen molar-refractivity contribution in [3.63, 3.8) is 0 Å². The normalized spacial score (nSPS) is 10.8. The molecule has 1 aromatic rings. The molecule has 1 nitrogen and oxygen atoms in total. The van der Waals surface area contributed by atoms with E-state index in [4.69, 9.17) is 6.48 Å². The fraction of sp³-hybridized carbons (Fsp3) is 0.143. The number of rotatable bonds is 0. The molecule has 0 bridgehead atoms. The molecule has 0 radical (unpaired) electrons. The highest BCUT2D eigenvalue weighted by atomic mass is 16.3. The van der Waals surface area contributed by atoms with Crippen molar-refractivity contribution < 1.29 is 6.48 Å². The van der Waals surface area contributed by atoms with Crippen LogP contribution >= 0.6 is 0 Å². The largest absolute Gasteiger partial charge is 0.508 e. The first-order chi connectivity index (χ1) is 4.34. The van der Waals surface area contributed by atoms with E-state index in [1.54, 1.807) is 18.2 Å². The van der Waals surface area contributed by atoms with Gasteiger partial charge in [0.15, 0.2) is 0 Å². The number of phenolic OH excluding ortho intramolecular Hbond substituents is 1. The zero-order valence-electron chi connectivity index (χ0n) is 5.46. The fourth-order valence-electron chi connectivity index (χ4n) is 0.511. The maximum atomic E-state index is 8.99. The highest BCUT2D eigenvalue weighted by molar-refractivity contribution is 5.29. The van der Waals surface area contributed by atoms with Crippen LogP contribution in [-0.2, 0) is 0 Å². The van der Waals surface area contributed by atoms with Gasteiger partial charge in [-0.2, -0.15) is 0 Å². The van der Waals surface area contributed by atoms with E-state index >= 15 is 0 Å². The van der Waals surface area contributed by atoms with Gasteiger partial charge in [0, 0.05) is 1.37 Å². The molecule has 8 heavy (non-hydrogen) atoms. The Morgan fingerprint density at radius 1 is 1.50 bits per heavy atom. The maximum Gasteiger partial charge on any atom is 0.118 e. The quantitative estimate of drug-likeness (QED) is 0.539. The molecule has 0 aliphatic rings. The van der Waals surface area contributed by atoms with E-state index in [0.717, 1.165) is 0 Å². The Kier molecular flexibility index (Phi) is 0.922. The zero-order valence-corrected chi connectivity index (χ0v) is 4.46. The van der Waals surface area contributed by atoms with Gasteiger partial charge in [-0.15, -0.1) is 0 Å². The van der Waals surface area contributed by atoms with Gasteiger partial charge in [-0.25, -0.2) is 0 Å². The smallest absolute Gasteiger partial charge is 0.118 e. The van der Waals surface area contributed by atoms with Crippen molar-refractivity contribution >= 4 is 0 Å². The first-order valence-electron chi connectivity index (χ1n) is 3.11. The first kappa shape index (κ1) is 3.96. The minimum atomic E-state index is 0.146. The van der Waals surface area contributed by atoms with Crippen molar-refractivity contribution in [2.75, 3.05) is 0 Å². The topological polar surface area (TPSA) is 20.2 Å². The number of hydrogen-bond donors (Lipinski definition) is 1. The van der Waals surface area contributed by atoms with Crippen LogP contribution in [0.4, 0.5) is 0 Å². The van der Waals surface area contributed by atoms with Crippen LogP contribution in [0.15, 0.2) is 24.3 Å². The summed E-state index contributed by atoms with van der Waals surface area (Å²) in [6.07, 6.45) is 0. The van der Waals surface area contributed by atoms with Crippen LogP contribution < -0.4 is 0 Å². The average Bonchev–Trinajstić information content (AvgIpc) is 1.89. The van der Waals surface area contributed by atoms with E-state index in [1.165, 1.54) is 0 Å². The lowest BCUT2D eigenvalue weighted by Crippen LogP contribution is -1.68. The number of hydrogen-bond acceptors (Lipinski definition) is 1. The van der Waals surface area contributed by atoms with Gasteiger partial charge in [0.25, 0.3) is 0 Å². The molecule has 1 rings (SSSR count). The van der Waals surface area contributed by atoms with Gasteiger partial charge in [0.1, 0.15) is 5.75 Å². The lowest BCUT2D eigenvalue weighted by atomic mass is 10.2. The van der Waals surface area contributed by atoms with E-state index in [1.807, 2.05) is 6.07 Å². The standard InChI is InChI=1S/C7H8O/c1-6-4-2-3-5-7(6)8/h2-5,8H,1H3/i1T. The van der Waals surface area contributed by atoms with Gasteiger partial charge in [0.2, 0.25) is 0 Å². The number of aryl methyl sites for hydroxylation is 1. The van der Waals surface area contributed by atoms with Gasteiger partial charge < -0.3 is 5.11 Å². The SMILES string of the molecule is [3H]Cc1ccccc1O. The zero-order chi connectivity index (χ0) is 6.69. The molecule has 1 heteroatoms. The van der Waals surface area contributed by atoms with E-state index in [-0.39, 0.29) is 12.6 Å². The maximum absolute atomic E-state index is 8.99. The highest BCUT2D eigenvalue weighted by Crippen LogP contribution is 2.12. The van der Waals surface area contributed by atoms with E-state index in [2.05, 4.69) is 0 Å². The molecule has 0 saturated carbocycles. The van der Waals surface area contributed by atoms with Crippen molar-refractivity contribution in [1.82, 2.24) is 0 Å². The summed E-state index contributed by atoms with van der Waals surface area (Å²) >= 11 is 0. The number of benzene rings is 1. The molecule has 0 aliphatic carbocycles. The van der Waals surface area contributed by atoms with Crippen LogP contribution in [0.3, 0.4) is 0 Å². The van der Waals surface area contributed by atoms with Crippen LogP contribution in [-0.4, -0.2) is 5.11 Å². The third-order valence-corrected chi connectivity index (χ3v) is 0.992. The monoisotopic (exact) mass is 110 g/mol. The van der Waals surface area contributed by atoms with Crippen molar-refractivity contribution in [3.05, 3.63) is 29.8 Å². The van der Waals surface area contributed by atoms with E-state index in [9.17, 15) is 0 Å². The first-order valence-corrected chi connectivity index (χ1v) is 2.40. The molecule has 0 unspecified atom stereocenters. The molecule has 0 atom stereocenters. The lowest BCUT2D eigenvalue weighted by Gasteiger charge is -1.92. The number of phenols is 1. The molecule has 42 valence electrons. The molecule has 1 aromatic carbocycles. The van der Waals surface area contributed by atoms with Gasteiger partial charge >= 0.3 is 0 Å². The van der Waals surface area contributed by atoms with Gasteiger partial charge in [0.05, 0.1) is 0 Å². The third-order valence-electron chi connectivity index (χ3n) is 0.992. The summed E-state index contributed by atoms with van der Waals surface area (Å²) in [6.45, 7) is 0.146. The second kappa shape index (κ2) is 1.86. The van der Waals surface area contributed by atoms with Crippen LogP contribution in [0.25, 0.3) is 0 Å². The number of aromatic hydroxyl groups is 1. The average molecular weight is 110 g/mol. The molecule has 0 amide bonds. The van der Waals surface area contributed by atoms with Gasteiger partial charge in [-0.1, -0.05) is 18.2 Å². The minimum Gasteiger partial charge on any atom is -0.508 e. The van der Waals surface area contributed by atoms with Gasteiger partial charge in [-0.05, 0) is 18.5 Å². The Morgan fingerprint density at radius 3 is 2.75 bits per heavy atom. The van der Waals surface area contributed by atoms with E-state index < -0.39 is 0 Å². The summed E-state index contributed by atoms with van der Waals surface area (Å²) in [5.74, 6) is 0.215. The van der Waals surface area contributed by atoms with Crippen LogP contribution in [0.2, 0.25) is 0 Å². The molecule has 0 heterocycles. The van der Waals surface area contributed by atoms with Crippen LogP contribution in [0.5, 0.6) is 5.75 Å². The number of para-hydroxylation sites is 1. The molecular formula is C7H8O. The second-order valence-electron chi connectivity index (χ2n) is 1.63. The molecule has 0 aliphatic heterocycles. The Morgan fingerprint density at radius 2 is 2.25 bits per heavy atom. The minimum absolute atomic E-state index is 0.146. The molecule has 0 fully saturated rings. The van der Waals surface area contributed by atoms with Crippen LogP contribution in [0.1, 0.15) is 6.93 Å². The van der Waals surface area contributed by atoms with Crippen molar-refractivity contribution in [2.24, 2.45) is 0 Å². The Bertz CT molecular complexity index is 198. The Hall–Kier alpha value is -0.980. The Balaban J connectivity index is 3.01. The molecule has 1 N–H and O–H groups in total. The molecule has 0 spiro atoms. The van der Waals surface area contributed by atoms with Crippen molar-refractivity contribution in [1.29, 1.82) is 0 Å². The predicted molar refractivity (Wildman–Crippen MR) is 32.8 cm³/mol. The lowest BCUT2D eigenvalue weighted by molar-refractivity contribution is 0.471.